The topological polar surface area (TPSA) is 50.4 Å². The highest BCUT2D eigenvalue weighted by molar-refractivity contribution is 5.84. The van der Waals surface area contributed by atoms with Crippen LogP contribution in [0.2, 0.25) is 0 Å². The number of hydrogen-bond acceptors (Lipinski definition) is 3. The van der Waals surface area contributed by atoms with Gasteiger partial charge >= 0.3 is 6.09 Å². The molecule has 0 spiro atoms. The van der Waals surface area contributed by atoms with Gasteiger partial charge in [-0.15, -0.1) is 0 Å². The van der Waals surface area contributed by atoms with Gasteiger partial charge in [-0.2, -0.15) is 0 Å². The van der Waals surface area contributed by atoms with Crippen molar-refractivity contribution in [2.24, 2.45) is 0 Å². The average molecular weight is 294 g/mol. The lowest BCUT2D eigenvalue weighted by molar-refractivity contribution is 0.0636. The maximum Gasteiger partial charge on any atom is 0.412 e. The molecule has 21 heavy (non-hydrogen) atoms. The zero-order chi connectivity index (χ0) is 15.5. The van der Waals surface area contributed by atoms with Crippen LogP contribution in [0.1, 0.15) is 39.2 Å². The standard InChI is InChI=1S/C16H23FN2O2/c1-16(2,3)21-15(20)19-13-7-6-11(14(17)10-13)9-12-5-4-8-18-12/h6-7,10,12,18H,4-5,8-9H2,1-3H3,(H,19,20). The molecule has 0 bridgehead atoms. The molecule has 1 aliphatic rings. The minimum atomic E-state index is -0.577. The second-order valence-electron chi connectivity index (χ2n) is 6.43. The van der Waals surface area contributed by atoms with E-state index in [-0.39, 0.29) is 5.82 Å². The van der Waals surface area contributed by atoms with Crippen LogP contribution in [0.25, 0.3) is 0 Å². The van der Waals surface area contributed by atoms with Crippen LogP contribution in [0.15, 0.2) is 18.2 Å². The molecule has 1 atom stereocenters. The number of halogens is 1. The quantitative estimate of drug-likeness (QED) is 0.897. The molecule has 5 heteroatoms. The maximum absolute atomic E-state index is 14.1. The second-order valence-corrected chi connectivity index (χ2v) is 6.43. The SMILES string of the molecule is CC(C)(C)OC(=O)Nc1ccc(CC2CCCN2)c(F)c1. The van der Waals surface area contributed by atoms with Crippen LogP contribution < -0.4 is 10.6 Å². The third kappa shape index (κ3) is 5.01. The van der Waals surface area contributed by atoms with E-state index in [1.54, 1.807) is 32.9 Å². The van der Waals surface area contributed by atoms with Crippen molar-refractivity contribution in [3.05, 3.63) is 29.6 Å². The van der Waals surface area contributed by atoms with E-state index in [2.05, 4.69) is 10.6 Å². The van der Waals surface area contributed by atoms with Gasteiger partial charge in [-0.1, -0.05) is 6.07 Å². The molecule has 1 aliphatic heterocycles. The average Bonchev–Trinajstić information content (AvgIpc) is 2.83. The lowest BCUT2D eigenvalue weighted by Crippen LogP contribution is -2.27. The minimum absolute atomic E-state index is 0.294. The fraction of sp³-hybridized carbons (Fsp3) is 0.562. The highest BCUT2D eigenvalue weighted by atomic mass is 19.1. The first-order valence-electron chi connectivity index (χ1n) is 7.35. The van der Waals surface area contributed by atoms with Crippen molar-refractivity contribution in [3.8, 4) is 0 Å². The molecular formula is C16H23FN2O2. The molecule has 116 valence electrons. The summed E-state index contributed by atoms with van der Waals surface area (Å²) in [5, 5.41) is 5.89. The summed E-state index contributed by atoms with van der Waals surface area (Å²) < 4.78 is 19.2. The molecule has 1 saturated heterocycles. The Morgan fingerprint density at radius 1 is 1.48 bits per heavy atom. The van der Waals surface area contributed by atoms with E-state index in [9.17, 15) is 9.18 Å². The van der Waals surface area contributed by atoms with Crippen molar-refractivity contribution < 1.29 is 13.9 Å². The maximum atomic E-state index is 14.1. The van der Waals surface area contributed by atoms with E-state index < -0.39 is 11.7 Å². The highest BCUT2D eigenvalue weighted by Gasteiger charge is 2.18. The fourth-order valence-corrected chi connectivity index (χ4v) is 2.41. The number of hydrogen-bond donors (Lipinski definition) is 2. The number of benzene rings is 1. The van der Waals surface area contributed by atoms with Gasteiger partial charge in [-0.3, -0.25) is 5.32 Å². The molecule has 0 aliphatic carbocycles. The van der Waals surface area contributed by atoms with Crippen molar-refractivity contribution in [1.29, 1.82) is 0 Å². The first kappa shape index (κ1) is 15.8. The number of carbonyl (C=O) groups is 1. The van der Waals surface area contributed by atoms with E-state index >= 15 is 0 Å². The van der Waals surface area contributed by atoms with E-state index in [0.29, 0.717) is 23.7 Å². The van der Waals surface area contributed by atoms with Crippen LogP contribution in [0, 0.1) is 5.82 Å². The van der Waals surface area contributed by atoms with Gasteiger partial charge in [-0.25, -0.2) is 9.18 Å². The molecule has 4 nitrogen and oxygen atoms in total. The van der Waals surface area contributed by atoms with Gasteiger partial charge in [0.15, 0.2) is 0 Å². The molecule has 1 aromatic carbocycles. The molecule has 1 aromatic rings. The van der Waals surface area contributed by atoms with Crippen LogP contribution in [0.5, 0.6) is 0 Å². The summed E-state index contributed by atoms with van der Waals surface area (Å²) in [7, 11) is 0. The third-order valence-corrected chi connectivity index (χ3v) is 3.33. The highest BCUT2D eigenvalue weighted by Crippen LogP contribution is 2.19. The molecule has 2 N–H and O–H groups in total. The molecule has 1 amide bonds. The summed E-state index contributed by atoms with van der Waals surface area (Å²) in [5.74, 6) is -0.294. The van der Waals surface area contributed by atoms with Crippen LogP contribution in [0.4, 0.5) is 14.9 Å². The number of carbonyl (C=O) groups excluding carboxylic acids is 1. The first-order valence-corrected chi connectivity index (χ1v) is 7.35. The van der Waals surface area contributed by atoms with Gasteiger partial charge in [0.1, 0.15) is 11.4 Å². The normalized spacial score (nSPS) is 18.6. The van der Waals surface area contributed by atoms with Crippen molar-refractivity contribution in [3.63, 3.8) is 0 Å². The minimum Gasteiger partial charge on any atom is -0.444 e. The van der Waals surface area contributed by atoms with Gasteiger partial charge in [0.2, 0.25) is 0 Å². The Morgan fingerprint density at radius 3 is 2.81 bits per heavy atom. The van der Waals surface area contributed by atoms with Crippen molar-refractivity contribution in [2.75, 3.05) is 11.9 Å². The van der Waals surface area contributed by atoms with E-state index in [0.717, 1.165) is 19.4 Å². The Bertz CT molecular complexity index is 505. The predicted molar refractivity (Wildman–Crippen MR) is 81.0 cm³/mol. The largest absolute Gasteiger partial charge is 0.444 e. The fourth-order valence-electron chi connectivity index (χ4n) is 2.41. The van der Waals surface area contributed by atoms with Crippen molar-refractivity contribution in [2.45, 2.75) is 51.7 Å². The second kappa shape index (κ2) is 6.43. The Labute approximate surface area is 125 Å². The summed E-state index contributed by atoms with van der Waals surface area (Å²) in [6, 6.07) is 5.12. The van der Waals surface area contributed by atoms with Crippen LogP contribution in [-0.2, 0) is 11.2 Å². The lowest BCUT2D eigenvalue weighted by atomic mass is 10.0. The number of nitrogens with one attached hydrogen (secondary N) is 2. The first-order chi connectivity index (χ1) is 9.83. The van der Waals surface area contributed by atoms with Crippen LogP contribution in [-0.4, -0.2) is 24.3 Å². The Hall–Kier alpha value is -1.62. The molecule has 1 heterocycles. The molecule has 1 unspecified atom stereocenters. The Kier molecular flexibility index (Phi) is 4.83. The van der Waals surface area contributed by atoms with E-state index in [4.69, 9.17) is 4.74 Å². The van der Waals surface area contributed by atoms with Gasteiger partial charge < -0.3 is 10.1 Å². The predicted octanol–water partition coefficient (Wildman–Crippen LogP) is 3.47. The van der Waals surface area contributed by atoms with Gasteiger partial charge in [-0.05, 0) is 64.3 Å². The van der Waals surface area contributed by atoms with Gasteiger partial charge in [0.05, 0.1) is 0 Å². The number of amides is 1. The van der Waals surface area contributed by atoms with E-state index in [1.807, 2.05) is 0 Å². The zero-order valence-corrected chi connectivity index (χ0v) is 12.8. The van der Waals surface area contributed by atoms with Crippen molar-refractivity contribution in [1.82, 2.24) is 5.32 Å². The number of ether oxygens (including phenoxy) is 1. The summed E-state index contributed by atoms with van der Waals surface area (Å²) in [4.78, 5) is 11.6. The smallest absolute Gasteiger partial charge is 0.412 e. The lowest BCUT2D eigenvalue weighted by Gasteiger charge is -2.20. The monoisotopic (exact) mass is 294 g/mol. The van der Waals surface area contributed by atoms with Crippen LogP contribution in [0.3, 0.4) is 0 Å². The molecular weight excluding hydrogens is 271 g/mol. The molecule has 2 rings (SSSR count). The summed E-state index contributed by atoms with van der Waals surface area (Å²) >= 11 is 0. The molecule has 0 radical (unpaired) electrons. The molecule has 1 fully saturated rings. The summed E-state index contributed by atoms with van der Waals surface area (Å²) in [5.41, 5.74) is 0.505. The Morgan fingerprint density at radius 2 is 2.24 bits per heavy atom. The summed E-state index contributed by atoms with van der Waals surface area (Å²) in [6.07, 6.45) is 2.33. The van der Waals surface area contributed by atoms with Gasteiger partial charge in [0.25, 0.3) is 0 Å². The summed E-state index contributed by atoms with van der Waals surface area (Å²) in [6.45, 7) is 6.35. The number of rotatable bonds is 3. The zero-order valence-electron chi connectivity index (χ0n) is 12.8. The molecule has 0 aromatic heterocycles. The van der Waals surface area contributed by atoms with Crippen LogP contribution >= 0.6 is 0 Å². The number of anilines is 1. The third-order valence-electron chi connectivity index (χ3n) is 3.33. The molecule has 0 saturated carbocycles. The van der Waals surface area contributed by atoms with Gasteiger partial charge in [0, 0.05) is 11.7 Å². The van der Waals surface area contributed by atoms with Crippen molar-refractivity contribution >= 4 is 11.8 Å². The Balaban J connectivity index is 1.96. The van der Waals surface area contributed by atoms with E-state index in [1.165, 1.54) is 6.07 Å².